The lowest BCUT2D eigenvalue weighted by Gasteiger charge is -2.20. The Morgan fingerprint density at radius 3 is 2.29 bits per heavy atom. The van der Waals surface area contributed by atoms with Crippen molar-refractivity contribution in [2.75, 3.05) is 6.54 Å². The molecule has 1 aromatic rings. The standard InChI is InChI=1S/C13H15NO6S/c1-8(15)9-2-4-11(5-3-9)21(19,20)14-7-10(16)6-12(14)13(17)18/h2-5,10,12,16H,6-7H2,1H3,(H,17,18)/t10-,12-/m0/s1. The average molecular weight is 313 g/mol. The molecule has 7 nitrogen and oxygen atoms in total. The first-order valence-electron chi connectivity index (χ1n) is 6.27. The van der Waals surface area contributed by atoms with Crippen LogP contribution in [0.2, 0.25) is 0 Å². The average Bonchev–Trinajstić information content (AvgIpc) is 2.82. The van der Waals surface area contributed by atoms with Gasteiger partial charge in [0.25, 0.3) is 0 Å². The monoisotopic (exact) mass is 313 g/mol. The first-order valence-corrected chi connectivity index (χ1v) is 7.71. The quantitative estimate of drug-likeness (QED) is 0.762. The third-order valence-electron chi connectivity index (χ3n) is 3.39. The van der Waals surface area contributed by atoms with Gasteiger partial charge in [-0.15, -0.1) is 0 Å². The molecule has 0 saturated carbocycles. The van der Waals surface area contributed by atoms with Crippen molar-refractivity contribution in [1.82, 2.24) is 4.31 Å². The third kappa shape index (κ3) is 2.97. The number of aliphatic hydroxyl groups is 1. The third-order valence-corrected chi connectivity index (χ3v) is 5.28. The van der Waals surface area contributed by atoms with Gasteiger partial charge in [0, 0.05) is 18.5 Å². The lowest BCUT2D eigenvalue weighted by Crippen LogP contribution is -2.40. The molecule has 1 fully saturated rings. The predicted octanol–water partition coefficient (Wildman–Crippen LogP) is 0.0977. The number of aliphatic carboxylic acids is 1. The van der Waals surface area contributed by atoms with Gasteiger partial charge in [-0.3, -0.25) is 9.59 Å². The highest BCUT2D eigenvalue weighted by Crippen LogP contribution is 2.26. The van der Waals surface area contributed by atoms with Crippen LogP contribution in [0.25, 0.3) is 0 Å². The van der Waals surface area contributed by atoms with Gasteiger partial charge in [0.05, 0.1) is 11.0 Å². The van der Waals surface area contributed by atoms with Gasteiger partial charge in [-0.25, -0.2) is 8.42 Å². The maximum absolute atomic E-state index is 12.4. The van der Waals surface area contributed by atoms with Gasteiger partial charge < -0.3 is 10.2 Å². The van der Waals surface area contributed by atoms with E-state index in [1.165, 1.54) is 31.2 Å². The minimum atomic E-state index is -4.03. The highest BCUT2D eigenvalue weighted by atomic mass is 32.2. The summed E-state index contributed by atoms with van der Waals surface area (Å²) in [6.45, 7) is 1.11. The van der Waals surface area contributed by atoms with E-state index in [2.05, 4.69) is 0 Å². The van der Waals surface area contributed by atoms with Gasteiger partial charge in [-0.1, -0.05) is 12.1 Å². The maximum atomic E-state index is 12.4. The molecule has 0 aromatic heterocycles. The van der Waals surface area contributed by atoms with Crippen molar-refractivity contribution >= 4 is 21.8 Å². The molecular weight excluding hydrogens is 298 g/mol. The van der Waals surface area contributed by atoms with Gasteiger partial charge in [-0.2, -0.15) is 4.31 Å². The Balaban J connectivity index is 2.37. The van der Waals surface area contributed by atoms with Gasteiger partial charge in [-0.05, 0) is 19.1 Å². The number of Topliss-reactive ketones (excluding diaryl/α,β-unsaturated/α-hetero) is 1. The largest absolute Gasteiger partial charge is 0.480 e. The van der Waals surface area contributed by atoms with Crippen LogP contribution in [0.15, 0.2) is 29.2 Å². The molecular formula is C13H15NO6S. The number of nitrogens with zero attached hydrogens (tertiary/aromatic N) is 1. The number of β-amino-alcohol motifs (C(OH)–C–C–N with tert-alkyl or cyclic N) is 1. The number of sulfonamides is 1. The smallest absolute Gasteiger partial charge is 0.322 e. The highest BCUT2D eigenvalue weighted by molar-refractivity contribution is 7.89. The maximum Gasteiger partial charge on any atom is 0.322 e. The van der Waals surface area contributed by atoms with Crippen molar-refractivity contribution in [1.29, 1.82) is 0 Å². The summed E-state index contributed by atoms with van der Waals surface area (Å²) >= 11 is 0. The summed E-state index contributed by atoms with van der Waals surface area (Å²) in [4.78, 5) is 22.2. The molecule has 1 aliphatic heterocycles. The van der Waals surface area contributed by atoms with Crippen molar-refractivity contribution in [2.24, 2.45) is 0 Å². The van der Waals surface area contributed by atoms with E-state index in [9.17, 15) is 23.1 Å². The van der Waals surface area contributed by atoms with Gasteiger partial charge in [0.2, 0.25) is 10.0 Å². The Hall–Kier alpha value is -1.77. The Bertz CT molecular complexity index is 666. The number of carbonyl (C=O) groups excluding carboxylic acids is 1. The molecule has 0 unspecified atom stereocenters. The van der Waals surface area contributed by atoms with Gasteiger partial charge in [0.1, 0.15) is 6.04 Å². The van der Waals surface area contributed by atoms with Crippen LogP contribution in [0.3, 0.4) is 0 Å². The zero-order valence-corrected chi connectivity index (χ0v) is 12.1. The normalized spacial score (nSPS) is 23.1. The Morgan fingerprint density at radius 2 is 1.81 bits per heavy atom. The minimum absolute atomic E-state index is 0.104. The minimum Gasteiger partial charge on any atom is -0.480 e. The van der Waals surface area contributed by atoms with Crippen LogP contribution in [-0.4, -0.2) is 53.4 Å². The van der Waals surface area contributed by atoms with Crippen molar-refractivity contribution in [3.63, 3.8) is 0 Å². The summed E-state index contributed by atoms with van der Waals surface area (Å²) in [5, 5.41) is 18.6. The molecule has 1 aromatic carbocycles. The van der Waals surface area contributed by atoms with Crippen LogP contribution in [0.1, 0.15) is 23.7 Å². The molecule has 8 heteroatoms. The number of rotatable bonds is 4. The van der Waals surface area contributed by atoms with E-state index < -0.39 is 28.1 Å². The summed E-state index contributed by atoms with van der Waals surface area (Å²) < 4.78 is 25.7. The zero-order valence-electron chi connectivity index (χ0n) is 11.3. The van der Waals surface area contributed by atoms with Crippen molar-refractivity contribution in [3.05, 3.63) is 29.8 Å². The number of hydrogen-bond donors (Lipinski definition) is 2. The fourth-order valence-corrected chi connectivity index (χ4v) is 3.90. The Labute approximate surface area is 121 Å². The number of carbonyl (C=O) groups is 2. The zero-order chi connectivity index (χ0) is 15.8. The molecule has 0 amide bonds. The van der Waals surface area contributed by atoms with Gasteiger partial charge in [0.15, 0.2) is 5.78 Å². The lowest BCUT2D eigenvalue weighted by atomic mass is 10.2. The predicted molar refractivity (Wildman–Crippen MR) is 72.4 cm³/mol. The fraction of sp³-hybridized carbons (Fsp3) is 0.385. The number of hydrogen-bond acceptors (Lipinski definition) is 5. The lowest BCUT2D eigenvalue weighted by molar-refractivity contribution is -0.140. The van der Waals surface area contributed by atoms with Crippen molar-refractivity contribution in [3.8, 4) is 0 Å². The molecule has 21 heavy (non-hydrogen) atoms. The number of ketones is 1. The van der Waals surface area contributed by atoms with Crippen LogP contribution in [0, 0.1) is 0 Å². The van der Waals surface area contributed by atoms with Gasteiger partial charge >= 0.3 is 5.97 Å². The second-order valence-electron chi connectivity index (χ2n) is 4.90. The molecule has 2 N–H and O–H groups in total. The SMILES string of the molecule is CC(=O)c1ccc(S(=O)(=O)N2C[C@@H](O)C[C@H]2C(=O)O)cc1. The van der Waals surface area contributed by atoms with Crippen LogP contribution >= 0.6 is 0 Å². The summed E-state index contributed by atoms with van der Waals surface area (Å²) in [5.74, 6) is -1.49. The topological polar surface area (TPSA) is 112 Å². The molecule has 1 heterocycles. The summed E-state index contributed by atoms with van der Waals surface area (Å²) in [6.07, 6.45) is -1.14. The number of benzene rings is 1. The summed E-state index contributed by atoms with van der Waals surface area (Å²) in [6, 6.07) is 3.98. The number of carboxylic acids is 1. The number of aliphatic hydroxyl groups excluding tert-OH is 1. The van der Waals surface area contributed by atoms with E-state index in [-0.39, 0.29) is 23.6 Å². The molecule has 0 bridgehead atoms. The Morgan fingerprint density at radius 1 is 1.24 bits per heavy atom. The van der Waals surface area contributed by atoms with Crippen LogP contribution < -0.4 is 0 Å². The van der Waals surface area contributed by atoms with E-state index in [4.69, 9.17) is 5.11 Å². The molecule has 0 aliphatic carbocycles. The summed E-state index contributed by atoms with van der Waals surface area (Å²) in [5.41, 5.74) is 0.366. The van der Waals surface area contributed by atoms with Crippen molar-refractivity contribution in [2.45, 2.75) is 30.4 Å². The van der Waals surface area contributed by atoms with E-state index in [0.29, 0.717) is 5.56 Å². The second-order valence-corrected chi connectivity index (χ2v) is 6.79. The number of carboxylic acid groups (broad SMARTS) is 1. The molecule has 114 valence electrons. The fourth-order valence-electron chi connectivity index (χ4n) is 2.27. The van der Waals surface area contributed by atoms with Crippen LogP contribution in [-0.2, 0) is 14.8 Å². The first kappa shape index (κ1) is 15.6. The van der Waals surface area contributed by atoms with Crippen LogP contribution in [0.5, 0.6) is 0 Å². The molecule has 1 saturated heterocycles. The molecule has 0 spiro atoms. The molecule has 0 radical (unpaired) electrons. The Kier molecular flexibility index (Phi) is 4.13. The molecule has 2 atom stereocenters. The highest BCUT2D eigenvalue weighted by Gasteiger charge is 2.43. The second kappa shape index (κ2) is 5.55. The molecule has 2 rings (SSSR count). The van der Waals surface area contributed by atoms with E-state index in [0.717, 1.165) is 4.31 Å². The first-order chi connectivity index (χ1) is 9.73. The van der Waals surface area contributed by atoms with Crippen LogP contribution in [0.4, 0.5) is 0 Å². The van der Waals surface area contributed by atoms with E-state index >= 15 is 0 Å². The molecule has 1 aliphatic rings. The van der Waals surface area contributed by atoms with E-state index in [1.54, 1.807) is 0 Å². The van der Waals surface area contributed by atoms with E-state index in [1.807, 2.05) is 0 Å². The van der Waals surface area contributed by atoms with Crippen molar-refractivity contribution < 1.29 is 28.2 Å². The summed E-state index contributed by atoms with van der Waals surface area (Å²) in [7, 11) is -4.03.